The molecule has 0 rings (SSSR count). The van der Waals surface area contributed by atoms with Crippen molar-refractivity contribution in [3.63, 3.8) is 0 Å². The van der Waals surface area contributed by atoms with Gasteiger partial charge in [-0.05, 0) is 39.3 Å². The van der Waals surface area contributed by atoms with E-state index >= 15 is 0 Å². The first-order valence-corrected chi connectivity index (χ1v) is 18.0. The van der Waals surface area contributed by atoms with Crippen LogP contribution in [0.2, 0.25) is 54.4 Å². The SMILES string of the molecule is CC(C)(C)[Si](C)(C)[NH+]([Si](C)(C)C(C)(C)C)[Si](C)(C)C(C)(C)C. The lowest BCUT2D eigenvalue weighted by molar-refractivity contribution is -0.568. The molecule has 4 heteroatoms. The number of rotatable bonds is 3. The van der Waals surface area contributed by atoms with Crippen LogP contribution in [0.25, 0.3) is 0 Å². The second-order valence-electron chi connectivity index (χ2n) is 12.0. The summed E-state index contributed by atoms with van der Waals surface area (Å²) in [5, 5.41) is 1.31. The van der Waals surface area contributed by atoms with Gasteiger partial charge in [0.25, 0.3) is 0 Å². The van der Waals surface area contributed by atoms with Gasteiger partial charge in [-0.15, -0.1) is 0 Å². The van der Waals surface area contributed by atoms with E-state index in [0.29, 0.717) is 15.1 Å². The molecule has 0 heterocycles. The van der Waals surface area contributed by atoms with Crippen molar-refractivity contribution in [2.45, 2.75) is 117 Å². The maximum atomic E-state index is 2.67. The van der Waals surface area contributed by atoms with Crippen molar-refractivity contribution in [1.82, 2.24) is 0 Å². The van der Waals surface area contributed by atoms with E-state index in [1.54, 1.807) is 0 Å². The van der Waals surface area contributed by atoms with E-state index in [0.717, 1.165) is 0 Å². The van der Waals surface area contributed by atoms with Crippen LogP contribution in [0.1, 0.15) is 62.3 Å². The Hall–Kier alpha value is 0.611. The zero-order valence-corrected chi connectivity index (χ0v) is 21.5. The van der Waals surface area contributed by atoms with Crippen LogP contribution in [0.5, 0.6) is 0 Å². The second kappa shape index (κ2) is 5.85. The van der Waals surface area contributed by atoms with E-state index in [2.05, 4.69) is 105 Å². The van der Waals surface area contributed by atoms with Crippen molar-refractivity contribution < 1.29 is 3.90 Å². The standard InChI is InChI=1S/C18H46NSi3/c1-16(2,3)20(10,11)19(21(12,13)17(4,5)6)22(14,15)18(7,8)9/h19H,1-15H3/q+1. The molecule has 0 aliphatic heterocycles. The highest BCUT2D eigenvalue weighted by Crippen LogP contribution is 2.41. The molecule has 1 N–H and O–H groups in total. The minimum absolute atomic E-state index is 0.438. The van der Waals surface area contributed by atoms with Gasteiger partial charge < -0.3 is 3.90 Å². The fourth-order valence-corrected chi connectivity index (χ4v) is 31.2. The third-order valence-corrected chi connectivity index (χ3v) is 33.8. The van der Waals surface area contributed by atoms with Crippen LogP contribution in [0.15, 0.2) is 0 Å². The van der Waals surface area contributed by atoms with Crippen LogP contribution in [0, 0.1) is 0 Å². The van der Waals surface area contributed by atoms with E-state index in [1.165, 1.54) is 0 Å². The van der Waals surface area contributed by atoms with Crippen LogP contribution < -0.4 is 3.90 Å². The highest BCUT2D eigenvalue weighted by Gasteiger charge is 2.64. The second-order valence-corrected chi connectivity index (χ2v) is 29.2. The first-order valence-electron chi connectivity index (χ1n) is 9.00. The third kappa shape index (κ3) is 3.81. The van der Waals surface area contributed by atoms with Crippen molar-refractivity contribution in [1.29, 1.82) is 0 Å². The van der Waals surface area contributed by atoms with Crippen LogP contribution in [0.3, 0.4) is 0 Å². The average Bonchev–Trinajstić information content (AvgIpc) is 2.09. The van der Waals surface area contributed by atoms with Gasteiger partial charge in [0.1, 0.15) is 0 Å². The molecular formula is C18H46NSi3+. The fraction of sp³-hybridized carbons (Fsp3) is 1.00. The number of quaternary nitrogens is 1. The van der Waals surface area contributed by atoms with Crippen molar-refractivity contribution in [2.24, 2.45) is 0 Å². The van der Waals surface area contributed by atoms with E-state index in [-0.39, 0.29) is 0 Å². The molecule has 1 nitrogen and oxygen atoms in total. The molecule has 0 aliphatic rings. The van der Waals surface area contributed by atoms with Crippen LogP contribution in [0.4, 0.5) is 0 Å². The monoisotopic (exact) mass is 360 g/mol. The van der Waals surface area contributed by atoms with Crippen molar-refractivity contribution in [3.05, 3.63) is 0 Å². The summed E-state index contributed by atoms with van der Waals surface area (Å²) in [4.78, 5) is 0. The zero-order valence-electron chi connectivity index (χ0n) is 18.5. The molecule has 134 valence electrons. The molecule has 0 amide bonds. The van der Waals surface area contributed by atoms with Gasteiger partial charge in [0.2, 0.25) is 24.7 Å². The smallest absolute Gasteiger partial charge is 0.250 e. The number of nitrogens with one attached hydrogen (secondary N) is 1. The molecule has 0 aromatic carbocycles. The lowest BCUT2D eigenvalue weighted by atomic mass is 10.2. The van der Waals surface area contributed by atoms with E-state index in [1.807, 2.05) is 0 Å². The van der Waals surface area contributed by atoms with Gasteiger partial charge in [-0.1, -0.05) is 62.3 Å². The Balaban J connectivity index is 6.53. The molecule has 0 atom stereocenters. The van der Waals surface area contributed by atoms with Crippen molar-refractivity contribution in [3.8, 4) is 0 Å². The van der Waals surface area contributed by atoms with Gasteiger partial charge in [-0.3, -0.25) is 0 Å². The normalized spacial score (nSPS) is 16.4. The van der Waals surface area contributed by atoms with Crippen LogP contribution in [-0.4, -0.2) is 24.7 Å². The molecule has 0 aliphatic carbocycles. The molecule has 0 spiro atoms. The minimum Gasteiger partial charge on any atom is -0.518 e. The summed E-state index contributed by atoms with van der Waals surface area (Å²) >= 11 is 0. The Morgan fingerprint density at radius 3 is 0.636 bits per heavy atom. The van der Waals surface area contributed by atoms with Crippen LogP contribution in [-0.2, 0) is 0 Å². The van der Waals surface area contributed by atoms with Gasteiger partial charge in [0, 0.05) is 15.1 Å². The van der Waals surface area contributed by atoms with Gasteiger partial charge >= 0.3 is 0 Å². The lowest BCUT2D eigenvalue weighted by Gasteiger charge is -2.62. The summed E-state index contributed by atoms with van der Waals surface area (Å²) in [6, 6.07) is 0. The Bertz CT molecular complexity index is 328. The van der Waals surface area contributed by atoms with E-state index in [4.69, 9.17) is 0 Å². The largest absolute Gasteiger partial charge is 0.518 e. The average molecular weight is 361 g/mol. The maximum Gasteiger partial charge on any atom is 0.250 e. The van der Waals surface area contributed by atoms with Gasteiger partial charge in [-0.25, -0.2) is 0 Å². The molecule has 0 aromatic heterocycles. The van der Waals surface area contributed by atoms with E-state index in [9.17, 15) is 0 Å². The molecule has 0 bridgehead atoms. The summed E-state index contributed by atoms with van der Waals surface area (Å²) in [7, 11) is -4.45. The molecule has 0 aromatic rings. The van der Waals surface area contributed by atoms with Gasteiger partial charge in [0.15, 0.2) is 0 Å². The molecule has 0 fully saturated rings. The zero-order chi connectivity index (χ0) is 18.6. The predicted molar refractivity (Wildman–Crippen MR) is 113 cm³/mol. The predicted octanol–water partition coefficient (Wildman–Crippen LogP) is 5.89. The summed E-state index contributed by atoms with van der Waals surface area (Å²) in [5.41, 5.74) is 0. The Morgan fingerprint density at radius 1 is 0.409 bits per heavy atom. The summed E-state index contributed by atoms with van der Waals surface area (Å²) in [6.07, 6.45) is 0. The first-order chi connectivity index (χ1) is 9.12. The van der Waals surface area contributed by atoms with E-state index < -0.39 is 24.7 Å². The quantitative estimate of drug-likeness (QED) is 0.599. The maximum absolute atomic E-state index is 2.67. The topological polar surface area (TPSA) is 4.44 Å². The lowest BCUT2D eigenvalue weighted by Crippen LogP contribution is -3.39. The molecule has 0 radical (unpaired) electrons. The van der Waals surface area contributed by atoms with Gasteiger partial charge in [-0.2, -0.15) is 0 Å². The number of hydrogen-bond acceptors (Lipinski definition) is 0. The third-order valence-electron chi connectivity index (χ3n) is 7.50. The van der Waals surface area contributed by atoms with Crippen molar-refractivity contribution in [2.75, 3.05) is 0 Å². The molecule has 22 heavy (non-hydrogen) atoms. The van der Waals surface area contributed by atoms with Crippen LogP contribution >= 0.6 is 0 Å². The molecular weight excluding hydrogens is 314 g/mol. The Labute approximate surface area is 145 Å². The summed E-state index contributed by atoms with van der Waals surface area (Å²) in [5.74, 6) is 0. The summed E-state index contributed by atoms with van der Waals surface area (Å²) in [6.45, 7) is 38.5. The number of hydrogen-bond donors (Lipinski definition) is 1. The summed E-state index contributed by atoms with van der Waals surface area (Å²) < 4.78 is 2.13. The Kier molecular flexibility index (Phi) is 6.01. The molecule has 0 saturated carbocycles. The Morgan fingerprint density at radius 2 is 0.545 bits per heavy atom. The van der Waals surface area contributed by atoms with Crippen molar-refractivity contribution >= 4 is 24.7 Å². The minimum atomic E-state index is -1.48. The molecule has 0 unspecified atom stereocenters. The first kappa shape index (κ1) is 22.6. The van der Waals surface area contributed by atoms with Gasteiger partial charge in [0.05, 0.1) is 0 Å². The molecule has 0 saturated heterocycles. The fourth-order valence-electron chi connectivity index (χ4n) is 3.47. The highest BCUT2D eigenvalue weighted by atomic mass is 28.5. The highest BCUT2D eigenvalue weighted by molar-refractivity contribution is 6.95.